The molecule has 0 aliphatic carbocycles. The zero-order chi connectivity index (χ0) is 14.4. The zero-order valence-corrected chi connectivity index (χ0v) is 13.3. The maximum absolute atomic E-state index is 11.9. The van der Waals surface area contributed by atoms with Crippen LogP contribution in [0.3, 0.4) is 0 Å². The van der Waals surface area contributed by atoms with Gasteiger partial charge in [-0.2, -0.15) is 0 Å². The number of amides is 1. The maximum atomic E-state index is 11.9. The van der Waals surface area contributed by atoms with Gasteiger partial charge in [-0.15, -0.1) is 11.8 Å². The summed E-state index contributed by atoms with van der Waals surface area (Å²) in [6, 6.07) is 7.57. The van der Waals surface area contributed by atoms with Crippen LogP contribution >= 0.6 is 23.4 Å². The van der Waals surface area contributed by atoms with Gasteiger partial charge in [0, 0.05) is 16.5 Å². The van der Waals surface area contributed by atoms with Gasteiger partial charge in [0.15, 0.2) is 0 Å². The highest BCUT2D eigenvalue weighted by molar-refractivity contribution is 8.00. The summed E-state index contributed by atoms with van der Waals surface area (Å²) in [7, 11) is 0. The molecule has 1 fully saturated rings. The number of hydrogen-bond acceptors (Lipinski definition) is 3. The lowest BCUT2D eigenvalue weighted by molar-refractivity contribution is -0.119. The normalized spacial score (nSPS) is 17.7. The lowest BCUT2D eigenvalue weighted by atomic mass is 9.81. The fourth-order valence-corrected chi connectivity index (χ4v) is 3.10. The second-order valence-corrected chi connectivity index (χ2v) is 7.07. The van der Waals surface area contributed by atoms with Crippen LogP contribution in [0, 0.1) is 5.41 Å². The summed E-state index contributed by atoms with van der Waals surface area (Å²) in [5, 5.41) is 7.13. The first-order chi connectivity index (χ1) is 9.57. The van der Waals surface area contributed by atoms with Crippen LogP contribution in [-0.4, -0.2) is 31.3 Å². The summed E-state index contributed by atoms with van der Waals surface area (Å²) < 4.78 is 0. The number of benzene rings is 1. The van der Waals surface area contributed by atoms with Gasteiger partial charge in [0.1, 0.15) is 0 Å². The van der Waals surface area contributed by atoms with E-state index in [2.05, 4.69) is 17.6 Å². The minimum atomic E-state index is 0.102. The van der Waals surface area contributed by atoms with Crippen LogP contribution in [0.1, 0.15) is 19.8 Å². The number of nitrogens with one attached hydrogen (secondary N) is 2. The monoisotopic (exact) mass is 312 g/mol. The van der Waals surface area contributed by atoms with Crippen molar-refractivity contribution >= 4 is 29.3 Å². The molecule has 20 heavy (non-hydrogen) atoms. The summed E-state index contributed by atoms with van der Waals surface area (Å²) in [4.78, 5) is 13.0. The van der Waals surface area contributed by atoms with Gasteiger partial charge >= 0.3 is 0 Å². The summed E-state index contributed by atoms with van der Waals surface area (Å²) in [5.41, 5.74) is 0.242. The molecule has 1 aromatic rings. The van der Waals surface area contributed by atoms with Crippen LogP contribution in [-0.2, 0) is 4.79 Å². The third kappa shape index (κ3) is 5.00. The van der Waals surface area contributed by atoms with Crippen molar-refractivity contribution in [2.24, 2.45) is 5.41 Å². The summed E-state index contributed by atoms with van der Waals surface area (Å²) >= 11 is 7.37. The molecule has 0 saturated carbocycles. The van der Waals surface area contributed by atoms with Crippen LogP contribution in [0.25, 0.3) is 0 Å². The molecule has 2 N–H and O–H groups in total. The molecule has 1 aromatic carbocycles. The van der Waals surface area contributed by atoms with E-state index in [4.69, 9.17) is 11.6 Å². The Balaban J connectivity index is 1.71. The molecule has 3 nitrogen and oxygen atoms in total. The average Bonchev–Trinajstić information content (AvgIpc) is 2.45. The van der Waals surface area contributed by atoms with E-state index in [1.165, 1.54) is 11.8 Å². The van der Waals surface area contributed by atoms with Gasteiger partial charge in [0.25, 0.3) is 0 Å². The van der Waals surface area contributed by atoms with Crippen molar-refractivity contribution in [3.63, 3.8) is 0 Å². The molecule has 1 heterocycles. The molecule has 0 radical (unpaired) electrons. The molecule has 1 saturated heterocycles. The molecule has 1 amide bonds. The molecule has 0 aromatic heterocycles. The molecule has 0 spiro atoms. The Morgan fingerprint density at radius 1 is 1.35 bits per heavy atom. The Bertz CT molecular complexity index is 444. The van der Waals surface area contributed by atoms with E-state index in [9.17, 15) is 4.79 Å². The molecular formula is C15H21ClN2OS. The molecule has 0 atom stereocenters. The van der Waals surface area contributed by atoms with E-state index >= 15 is 0 Å². The second kappa shape index (κ2) is 7.34. The van der Waals surface area contributed by atoms with Gasteiger partial charge in [-0.05, 0) is 55.6 Å². The number of hydrogen-bond donors (Lipinski definition) is 2. The Morgan fingerprint density at radius 3 is 2.65 bits per heavy atom. The van der Waals surface area contributed by atoms with E-state index in [0.29, 0.717) is 5.75 Å². The minimum absolute atomic E-state index is 0.102. The minimum Gasteiger partial charge on any atom is -0.355 e. The Hall–Kier alpha value is -0.710. The molecule has 0 unspecified atom stereocenters. The predicted octanol–water partition coefficient (Wildman–Crippen LogP) is 2.94. The van der Waals surface area contributed by atoms with Crippen molar-refractivity contribution < 1.29 is 4.79 Å². The first-order valence-corrected chi connectivity index (χ1v) is 8.30. The quantitative estimate of drug-likeness (QED) is 0.821. The SMILES string of the molecule is CC1(CNC(=O)CSc2ccc(Cl)cc2)CCNCC1. The third-order valence-corrected chi connectivity index (χ3v) is 4.97. The van der Waals surface area contributed by atoms with Gasteiger partial charge in [-0.3, -0.25) is 4.79 Å². The third-order valence-electron chi connectivity index (χ3n) is 3.71. The lowest BCUT2D eigenvalue weighted by Crippen LogP contribution is -2.43. The van der Waals surface area contributed by atoms with E-state index in [1.807, 2.05) is 24.3 Å². The number of thioether (sulfide) groups is 1. The lowest BCUT2D eigenvalue weighted by Gasteiger charge is -2.34. The fourth-order valence-electron chi connectivity index (χ4n) is 2.25. The number of piperidine rings is 1. The van der Waals surface area contributed by atoms with E-state index < -0.39 is 0 Å². The standard InChI is InChI=1S/C15H21ClN2OS/c1-15(6-8-17-9-7-15)11-18-14(19)10-20-13-4-2-12(16)3-5-13/h2-5,17H,6-11H2,1H3,(H,18,19). The van der Waals surface area contributed by atoms with Crippen LogP contribution in [0.4, 0.5) is 0 Å². The average molecular weight is 313 g/mol. The van der Waals surface area contributed by atoms with Crippen LogP contribution in [0.5, 0.6) is 0 Å². The fraction of sp³-hybridized carbons (Fsp3) is 0.533. The van der Waals surface area contributed by atoms with Crippen LogP contribution in [0.15, 0.2) is 29.2 Å². The maximum Gasteiger partial charge on any atom is 0.230 e. The molecule has 110 valence electrons. The molecule has 1 aliphatic heterocycles. The van der Waals surface area contributed by atoms with Gasteiger partial charge < -0.3 is 10.6 Å². The molecule has 0 bridgehead atoms. The van der Waals surface area contributed by atoms with Gasteiger partial charge in [-0.1, -0.05) is 18.5 Å². The molecule has 1 aliphatic rings. The second-order valence-electron chi connectivity index (χ2n) is 5.58. The van der Waals surface area contributed by atoms with Gasteiger partial charge in [-0.25, -0.2) is 0 Å². The zero-order valence-electron chi connectivity index (χ0n) is 11.7. The number of rotatable bonds is 5. The van der Waals surface area contributed by atoms with E-state index in [-0.39, 0.29) is 11.3 Å². The Morgan fingerprint density at radius 2 is 2.00 bits per heavy atom. The number of carbonyl (C=O) groups is 1. The van der Waals surface area contributed by atoms with Crippen molar-refractivity contribution in [2.75, 3.05) is 25.4 Å². The van der Waals surface area contributed by atoms with Gasteiger partial charge in [0.2, 0.25) is 5.91 Å². The van der Waals surface area contributed by atoms with E-state index in [1.54, 1.807) is 0 Å². The van der Waals surface area contributed by atoms with Gasteiger partial charge in [0.05, 0.1) is 5.75 Å². The highest BCUT2D eigenvalue weighted by atomic mass is 35.5. The van der Waals surface area contributed by atoms with Crippen molar-refractivity contribution in [1.82, 2.24) is 10.6 Å². The Kier molecular flexibility index (Phi) is 5.75. The summed E-state index contributed by atoms with van der Waals surface area (Å²) in [6.45, 7) is 5.12. The molecule has 5 heteroatoms. The largest absolute Gasteiger partial charge is 0.355 e. The van der Waals surface area contributed by atoms with E-state index in [0.717, 1.165) is 42.4 Å². The number of carbonyl (C=O) groups excluding carboxylic acids is 1. The first-order valence-electron chi connectivity index (χ1n) is 6.93. The Labute approximate surface area is 129 Å². The summed E-state index contributed by atoms with van der Waals surface area (Å²) in [5.74, 6) is 0.556. The molecular weight excluding hydrogens is 292 g/mol. The topological polar surface area (TPSA) is 41.1 Å². The summed E-state index contributed by atoms with van der Waals surface area (Å²) in [6.07, 6.45) is 2.25. The van der Waals surface area contributed by atoms with Crippen LogP contribution in [0.2, 0.25) is 5.02 Å². The van der Waals surface area contributed by atoms with Crippen LogP contribution < -0.4 is 10.6 Å². The highest BCUT2D eigenvalue weighted by Crippen LogP contribution is 2.26. The number of halogens is 1. The predicted molar refractivity (Wildman–Crippen MR) is 85.4 cm³/mol. The first kappa shape index (κ1) is 15.7. The van der Waals surface area contributed by atoms with Crippen molar-refractivity contribution in [3.8, 4) is 0 Å². The van der Waals surface area contributed by atoms with Crippen molar-refractivity contribution in [2.45, 2.75) is 24.7 Å². The highest BCUT2D eigenvalue weighted by Gasteiger charge is 2.26. The smallest absolute Gasteiger partial charge is 0.230 e. The van der Waals surface area contributed by atoms with Crippen molar-refractivity contribution in [3.05, 3.63) is 29.3 Å². The van der Waals surface area contributed by atoms with Crippen molar-refractivity contribution in [1.29, 1.82) is 0 Å². The molecule has 2 rings (SSSR count).